The van der Waals surface area contributed by atoms with Gasteiger partial charge in [-0.05, 0) is 19.2 Å². The van der Waals surface area contributed by atoms with Crippen LogP contribution in [-0.2, 0) is 13.1 Å². The topological polar surface area (TPSA) is 52.0 Å². The van der Waals surface area contributed by atoms with Gasteiger partial charge in [0.1, 0.15) is 12.1 Å². The van der Waals surface area contributed by atoms with Crippen LogP contribution in [0.25, 0.3) is 0 Å². The van der Waals surface area contributed by atoms with Gasteiger partial charge in [-0.1, -0.05) is 18.2 Å². The van der Waals surface area contributed by atoms with Crippen LogP contribution in [0.2, 0.25) is 0 Å². The van der Waals surface area contributed by atoms with Gasteiger partial charge < -0.3 is 10.1 Å². The summed E-state index contributed by atoms with van der Waals surface area (Å²) >= 11 is 0. The Labute approximate surface area is 107 Å². The number of benzene rings is 1. The fraction of sp³-hybridized carbons (Fsp3) is 0.385. The van der Waals surface area contributed by atoms with Gasteiger partial charge in [-0.15, -0.1) is 0 Å². The maximum absolute atomic E-state index is 5.61. The number of aryl methyl sites for hydroxylation is 1. The van der Waals surface area contributed by atoms with E-state index < -0.39 is 0 Å². The highest BCUT2D eigenvalue weighted by molar-refractivity contribution is 5.20. The molecule has 0 bridgehead atoms. The zero-order valence-corrected chi connectivity index (χ0v) is 10.5. The van der Waals surface area contributed by atoms with Crippen molar-refractivity contribution in [3.05, 3.63) is 42.5 Å². The number of nitrogens with zero attached hydrogens (tertiary/aromatic N) is 3. The summed E-state index contributed by atoms with van der Waals surface area (Å²) in [5.41, 5.74) is 0. The van der Waals surface area contributed by atoms with Crippen LogP contribution in [0.3, 0.4) is 0 Å². The third-order valence-corrected chi connectivity index (χ3v) is 2.46. The number of rotatable bonds is 7. The van der Waals surface area contributed by atoms with Crippen molar-refractivity contribution in [1.82, 2.24) is 20.1 Å². The molecule has 0 amide bonds. The van der Waals surface area contributed by atoms with E-state index in [0.29, 0.717) is 13.2 Å². The molecule has 1 N–H and O–H groups in total. The predicted molar refractivity (Wildman–Crippen MR) is 69.3 cm³/mol. The van der Waals surface area contributed by atoms with E-state index in [0.717, 1.165) is 24.5 Å². The van der Waals surface area contributed by atoms with Crippen molar-refractivity contribution in [3.8, 4) is 5.75 Å². The molecular weight excluding hydrogens is 228 g/mol. The molecule has 5 nitrogen and oxygen atoms in total. The summed E-state index contributed by atoms with van der Waals surface area (Å²) < 4.78 is 7.46. The first kappa shape index (κ1) is 12.6. The molecular formula is C13H18N4O. The van der Waals surface area contributed by atoms with E-state index in [-0.39, 0.29) is 0 Å². The van der Waals surface area contributed by atoms with Crippen LogP contribution in [0.15, 0.2) is 36.7 Å². The summed E-state index contributed by atoms with van der Waals surface area (Å²) in [6.45, 7) is 2.21. The van der Waals surface area contributed by atoms with E-state index in [1.54, 1.807) is 6.33 Å². The van der Waals surface area contributed by atoms with Gasteiger partial charge in [0.2, 0.25) is 0 Å². The van der Waals surface area contributed by atoms with Crippen LogP contribution in [-0.4, -0.2) is 28.4 Å². The monoisotopic (exact) mass is 246 g/mol. The Kier molecular flexibility index (Phi) is 4.72. The van der Waals surface area contributed by atoms with E-state index in [1.165, 1.54) is 0 Å². The molecule has 1 aromatic carbocycles. The summed E-state index contributed by atoms with van der Waals surface area (Å²) in [4.78, 5) is 4.19. The highest BCUT2D eigenvalue weighted by atomic mass is 16.5. The standard InChI is InChI=1S/C13H18N4O/c1-14-10-13-15-11-17(16-13)8-5-9-18-12-6-3-2-4-7-12/h2-4,6-7,11,14H,5,8-10H2,1H3. The second-order valence-corrected chi connectivity index (χ2v) is 3.97. The minimum atomic E-state index is 0.686. The molecule has 1 heterocycles. The molecule has 0 aliphatic heterocycles. The quantitative estimate of drug-likeness (QED) is 0.752. The molecule has 0 spiro atoms. The first-order valence-electron chi connectivity index (χ1n) is 6.09. The number of hydrogen-bond donors (Lipinski definition) is 1. The first-order valence-corrected chi connectivity index (χ1v) is 6.09. The smallest absolute Gasteiger partial charge is 0.164 e. The van der Waals surface area contributed by atoms with Gasteiger partial charge in [0.15, 0.2) is 5.82 Å². The molecule has 0 aliphatic carbocycles. The highest BCUT2D eigenvalue weighted by Crippen LogP contribution is 2.08. The van der Waals surface area contributed by atoms with Gasteiger partial charge in [0.25, 0.3) is 0 Å². The van der Waals surface area contributed by atoms with E-state index in [2.05, 4.69) is 15.4 Å². The van der Waals surface area contributed by atoms with Crippen molar-refractivity contribution in [2.75, 3.05) is 13.7 Å². The third-order valence-electron chi connectivity index (χ3n) is 2.46. The Bertz CT molecular complexity index is 455. The fourth-order valence-electron chi connectivity index (χ4n) is 1.61. The minimum absolute atomic E-state index is 0.686. The first-order chi connectivity index (χ1) is 8.88. The number of para-hydroxylation sites is 1. The van der Waals surface area contributed by atoms with Crippen LogP contribution in [0.1, 0.15) is 12.2 Å². The van der Waals surface area contributed by atoms with E-state index in [4.69, 9.17) is 4.74 Å². The Morgan fingerprint density at radius 2 is 2.11 bits per heavy atom. The Hall–Kier alpha value is -1.88. The average molecular weight is 246 g/mol. The van der Waals surface area contributed by atoms with Crippen molar-refractivity contribution < 1.29 is 4.74 Å². The summed E-state index contributed by atoms with van der Waals surface area (Å²) in [5, 5.41) is 7.36. The minimum Gasteiger partial charge on any atom is -0.494 e. The molecule has 0 aliphatic rings. The Morgan fingerprint density at radius 1 is 1.28 bits per heavy atom. The van der Waals surface area contributed by atoms with E-state index >= 15 is 0 Å². The molecule has 18 heavy (non-hydrogen) atoms. The molecule has 5 heteroatoms. The fourth-order valence-corrected chi connectivity index (χ4v) is 1.61. The lowest BCUT2D eigenvalue weighted by Gasteiger charge is -2.05. The lowest BCUT2D eigenvalue weighted by molar-refractivity contribution is 0.298. The second kappa shape index (κ2) is 6.76. The van der Waals surface area contributed by atoms with Crippen LogP contribution in [0, 0.1) is 0 Å². The van der Waals surface area contributed by atoms with Crippen LogP contribution >= 0.6 is 0 Å². The molecule has 2 rings (SSSR count). The lowest BCUT2D eigenvalue weighted by Crippen LogP contribution is -2.09. The zero-order chi connectivity index (χ0) is 12.6. The SMILES string of the molecule is CNCc1ncn(CCCOc2ccccc2)n1. The molecule has 0 saturated heterocycles. The molecule has 1 aromatic heterocycles. The normalized spacial score (nSPS) is 10.5. The van der Waals surface area contributed by atoms with Gasteiger partial charge in [0.05, 0.1) is 13.2 Å². The molecule has 96 valence electrons. The summed E-state index contributed by atoms with van der Waals surface area (Å²) in [6.07, 6.45) is 2.67. The second-order valence-electron chi connectivity index (χ2n) is 3.97. The molecule has 0 unspecified atom stereocenters. The maximum Gasteiger partial charge on any atom is 0.164 e. The largest absolute Gasteiger partial charge is 0.494 e. The van der Waals surface area contributed by atoms with Gasteiger partial charge >= 0.3 is 0 Å². The van der Waals surface area contributed by atoms with E-state index in [1.807, 2.05) is 42.1 Å². The average Bonchev–Trinajstić information content (AvgIpc) is 2.84. The van der Waals surface area contributed by atoms with Crippen LogP contribution in [0.5, 0.6) is 5.75 Å². The molecule has 0 radical (unpaired) electrons. The Morgan fingerprint density at radius 3 is 2.89 bits per heavy atom. The zero-order valence-electron chi connectivity index (χ0n) is 10.5. The van der Waals surface area contributed by atoms with Gasteiger partial charge in [0, 0.05) is 13.0 Å². The van der Waals surface area contributed by atoms with Crippen LogP contribution < -0.4 is 10.1 Å². The predicted octanol–water partition coefficient (Wildman–Crippen LogP) is 1.47. The van der Waals surface area contributed by atoms with Crippen molar-refractivity contribution in [2.45, 2.75) is 19.5 Å². The molecule has 2 aromatic rings. The van der Waals surface area contributed by atoms with Crippen molar-refractivity contribution >= 4 is 0 Å². The number of nitrogens with one attached hydrogen (secondary N) is 1. The summed E-state index contributed by atoms with van der Waals surface area (Å²) in [6, 6.07) is 9.83. The van der Waals surface area contributed by atoms with Crippen LogP contribution in [0.4, 0.5) is 0 Å². The summed E-state index contributed by atoms with van der Waals surface area (Å²) in [5.74, 6) is 1.73. The number of ether oxygens (including phenoxy) is 1. The molecule has 0 saturated carbocycles. The van der Waals surface area contributed by atoms with E-state index in [9.17, 15) is 0 Å². The van der Waals surface area contributed by atoms with Crippen molar-refractivity contribution in [2.24, 2.45) is 0 Å². The summed E-state index contributed by atoms with van der Waals surface area (Å²) in [7, 11) is 1.88. The Balaban J connectivity index is 1.68. The molecule has 0 fully saturated rings. The van der Waals surface area contributed by atoms with Crippen molar-refractivity contribution in [1.29, 1.82) is 0 Å². The maximum atomic E-state index is 5.61. The third kappa shape index (κ3) is 3.85. The van der Waals surface area contributed by atoms with Crippen molar-refractivity contribution in [3.63, 3.8) is 0 Å². The van der Waals surface area contributed by atoms with Gasteiger partial charge in [-0.25, -0.2) is 4.98 Å². The van der Waals surface area contributed by atoms with Gasteiger partial charge in [-0.3, -0.25) is 4.68 Å². The lowest BCUT2D eigenvalue weighted by atomic mass is 10.3. The highest BCUT2D eigenvalue weighted by Gasteiger charge is 1.99. The van der Waals surface area contributed by atoms with Gasteiger partial charge in [-0.2, -0.15) is 5.10 Å². The number of hydrogen-bond acceptors (Lipinski definition) is 4. The number of aromatic nitrogens is 3. The molecule has 0 atom stereocenters.